The number of amides is 2. The minimum absolute atomic E-state index is 0.0976. The van der Waals surface area contributed by atoms with Gasteiger partial charge in [-0.2, -0.15) is 0 Å². The van der Waals surface area contributed by atoms with Gasteiger partial charge in [-0.15, -0.1) is 0 Å². The van der Waals surface area contributed by atoms with Crippen molar-refractivity contribution < 1.29 is 19.4 Å². The lowest BCUT2D eigenvalue weighted by Crippen LogP contribution is -2.38. The third-order valence-electron chi connectivity index (χ3n) is 2.03. The van der Waals surface area contributed by atoms with Crippen LogP contribution in [0.3, 0.4) is 0 Å². The van der Waals surface area contributed by atoms with Crippen LogP contribution in [0.25, 0.3) is 0 Å². The Morgan fingerprint density at radius 3 is 2.50 bits per heavy atom. The van der Waals surface area contributed by atoms with Gasteiger partial charge in [0.2, 0.25) is 5.91 Å². The molecule has 0 aliphatic carbocycles. The van der Waals surface area contributed by atoms with Crippen molar-refractivity contribution in [3.8, 4) is 0 Å². The second kappa shape index (κ2) is 6.32. The van der Waals surface area contributed by atoms with Crippen LogP contribution in [-0.2, 0) is 9.53 Å². The van der Waals surface area contributed by atoms with E-state index < -0.39 is 11.7 Å². The summed E-state index contributed by atoms with van der Waals surface area (Å²) in [6, 6.07) is 0. The first-order valence-electron chi connectivity index (χ1n) is 5.15. The fraction of sp³-hybridized carbons (Fsp3) is 0.800. The van der Waals surface area contributed by atoms with Gasteiger partial charge in [-0.25, -0.2) is 4.79 Å². The molecule has 94 valence electrons. The highest BCUT2D eigenvalue weighted by atomic mass is 16.6. The van der Waals surface area contributed by atoms with E-state index in [1.165, 1.54) is 0 Å². The molecular formula is C10H20N2O4. The van der Waals surface area contributed by atoms with Crippen molar-refractivity contribution in [2.45, 2.75) is 32.8 Å². The van der Waals surface area contributed by atoms with Gasteiger partial charge in [0, 0.05) is 12.5 Å². The highest BCUT2D eigenvalue weighted by molar-refractivity contribution is 5.78. The first kappa shape index (κ1) is 14.7. The number of nitrogens with two attached hydrogens (primary N) is 1. The van der Waals surface area contributed by atoms with Crippen molar-refractivity contribution in [2.75, 3.05) is 13.2 Å². The van der Waals surface area contributed by atoms with Gasteiger partial charge < -0.3 is 20.9 Å². The Labute approximate surface area is 95.1 Å². The number of nitrogens with one attached hydrogen (secondary N) is 1. The first-order valence-corrected chi connectivity index (χ1v) is 5.15. The van der Waals surface area contributed by atoms with Gasteiger partial charge in [-0.3, -0.25) is 4.79 Å². The molecule has 0 aliphatic heterocycles. The molecule has 0 saturated carbocycles. The molecule has 0 rings (SSSR count). The number of primary amides is 1. The zero-order valence-corrected chi connectivity index (χ0v) is 9.95. The number of hydrogen-bond donors (Lipinski definition) is 3. The number of rotatable bonds is 6. The summed E-state index contributed by atoms with van der Waals surface area (Å²) >= 11 is 0. The molecule has 4 N–H and O–H groups in total. The molecule has 0 aliphatic rings. The van der Waals surface area contributed by atoms with Gasteiger partial charge in [-0.1, -0.05) is 6.92 Å². The van der Waals surface area contributed by atoms with Gasteiger partial charge in [0.25, 0.3) is 0 Å². The normalized spacial score (nSPS) is 13.0. The van der Waals surface area contributed by atoms with Crippen molar-refractivity contribution in [1.82, 2.24) is 5.32 Å². The minimum atomic E-state index is -0.854. The Hall–Kier alpha value is -1.30. The number of ether oxygens (including phenoxy) is 1. The van der Waals surface area contributed by atoms with Crippen LogP contribution in [0.15, 0.2) is 0 Å². The van der Waals surface area contributed by atoms with Crippen LogP contribution >= 0.6 is 0 Å². The molecule has 16 heavy (non-hydrogen) atoms. The highest BCUT2D eigenvalue weighted by Gasteiger charge is 2.27. The van der Waals surface area contributed by atoms with E-state index in [2.05, 4.69) is 5.32 Å². The van der Waals surface area contributed by atoms with E-state index in [-0.39, 0.29) is 25.0 Å². The van der Waals surface area contributed by atoms with Gasteiger partial charge in [0.15, 0.2) is 0 Å². The van der Waals surface area contributed by atoms with E-state index in [0.717, 1.165) is 0 Å². The third-order valence-corrected chi connectivity index (χ3v) is 2.03. The molecule has 0 aromatic carbocycles. The van der Waals surface area contributed by atoms with Gasteiger partial charge in [0.05, 0.1) is 6.61 Å². The average molecular weight is 232 g/mol. The van der Waals surface area contributed by atoms with Crippen LogP contribution < -0.4 is 11.1 Å². The number of aliphatic hydroxyl groups excluding tert-OH is 1. The maximum atomic E-state index is 11.5. The van der Waals surface area contributed by atoms with E-state index >= 15 is 0 Å². The Morgan fingerprint density at radius 2 is 2.06 bits per heavy atom. The summed E-state index contributed by atoms with van der Waals surface area (Å²) in [5.41, 5.74) is 4.14. The monoisotopic (exact) mass is 232 g/mol. The number of carbonyl (C=O) groups is 2. The summed E-state index contributed by atoms with van der Waals surface area (Å²) in [5.74, 6) is -0.504. The summed E-state index contributed by atoms with van der Waals surface area (Å²) < 4.78 is 4.87. The molecular weight excluding hydrogens is 212 g/mol. The molecule has 0 spiro atoms. The Balaban J connectivity index is 4.15. The van der Waals surface area contributed by atoms with Crippen LogP contribution in [0.4, 0.5) is 4.79 Å². The molecule has 0 radical (unpaired) electrons. The maximum Gasteiger partial charge on any atom is 0.405 e. The number of hydrogen-bond acceptors (Lipinski definition) is 4. The molecule has 0 aromatic heterocycles. The Kier molecular flexibility index (Phi) is 5.81. The van der Waals surface area contributed by atoms with Gasteiger partial charge in [-0.05, 0) is 20.3 Å². The van der Waals surface area contributed by atoms with Crippen LogP contribution in [0.5, 0.6) is 0 Å². The maximum absolute atomic E-state index is 11.5. The highest BCUT2D eigenvalue weighted by Crippen LogP contribution is 2.20. The summed E-state index contributed by atoms with van der Waals surface area (Å²) in [6.07, 6.45) is -0.485. The second-order valence-corrected chi connectivity index (χ2v) is 4.30. The molecule has 1 unspecified atom stereocenters. The third kappa shape index (κ3) is 6.23. The topological polar surface area (TPSA) is 102 Å². The van der Waals surface area contributed by atoms with Gasteiger partial charge >= 0.3 is 6.09 Å². The van der Waals surface area contributed by atoms with E-state index in [1.54, 1.807) is 20.8 Å². The molecule has 0 aromatic rings. The van der Waals surface area contributed by atoms with Crippen molar-refractivity contribution >= 4 is 12.0 Å². The lowest BCUT2D eigenvalue weighted by Gasteiger charge is -2.26. The molecule has 1 atom stereocenters. The zero-order chi connectivity index (χ0) is 12.8. The first-order chi connectivity index (χ1) is 7.28. The lowest BCUT2D eigenvalue weighted by atomic mass is 9.94. The van der Waals surface area contributed by atoms with Gasteiger partial charge in [0.1, 0.15) is 5.60 Å². The molecule has 0 fully saturated rings. The smallest absolute Gasteiger partial charge is 0.405 e. The lowest BCUT2D eigenvalue weighted by molar-refractivity contribution is -0.126. The quantitative estimate of drug-likeness (QED) is 0.599. The fourth-order valence-electron chi connectivity index (χ4n) is 1.50. The predicted octanol–water partition coefficient (Wildman–Crippen LogP) is -0.00500. The molecule has 6 heteroatoms. The van der Waals surface area contributed by atoms with Crippen LogP contribution in [0, 0.1) is 5.92 Å². The molecule has 0 bridgehead atoms. The SMILES string of the molecule is CC(CC(C)(C)OC(N)=O)C(=O)NCCO. The van der Waals surface area contributed by atoms with Crippen molar-refractivity contribution in [1.29, 1.82) is 0 Å². The molecule has 0 heterocycles. The summed E-state index contributed by atoms with van der Waals surface area (Å²) in [4.78, 5) is 22.1. The Bertz CT molecular complexity index is 253. The van der Waals surface area contributed by atoms with Crippen molar-refractivity contribution in [2.24, 2.45) is 11.7 Å². The standard InChI is InChI=1S/C10H20N2O4/c1-7(8(14)12-4-5-13)6-10(2,3)16-9(11)15/h7,13H,4-6H2,1-3H3,(H2,11,15)(H,12,14). The van der Waals surface area contributed by atoms with Crippen LogP contribution in [0.2, 0.25) is 0 Å². The zero-order valence-electron chi connectivity index (χ0n) is 9.95. The molecule has 2 amide bonds. The molecule has 6 nitrogen and oxygen atoms in total. The summed E-state index contributed by atoms with van der Waals surface area (Å²) in [7, 11) is 0. The molecule has 0 saturated heterocycles. The largest absolute Gasteiger partial charge is 0.444 e. The second-order valence-electron chi connectivity index (χ2n) is 4.30. The predicted molar refractivity (Wildman–Crippen MR) is 58.6 cm³/mol. The summed E-state index contributed by atoms with van der Waals surface area (Å²) in [5, 5.41) is 11.1. The van der Waals surface area contributed by atoms with E-state index in [4.69, 9.17) is 15.6 Å². The van der Waals surface area contributed by atoms with E-state index in [9.17, 15) is 9.59 Å². The average Bonchev–Trinajstić information content (AvgIpc) is 2.10. The van der Waals surface area contributed by atoms with E-state index in [1.807, 2.05) is 0 Å². The van der Waals surface area contributed by atoms with E-state index in [0.29, 0.717) is 6.42 Å². The Morgan fingerprint density at radius 1 is 1.50 bits per heavy atom. The summed E-state index contributed by atoms with van der Waals surface area (Å²) in [6.45, 7) is 5.22. The van der Waals surface area contributed by atoms with Crippen molar-refractivity contribution in [3.05, 3.63) is 0 Å². The van der Waals surface area contributed by atoms with Crippen LogP contribution in [0.1, 0.15) is 27.2 Å². The minimum Gasteiger partial charge on any atom is -0.444 e. The van der Waals surface area contributed by atoms with Crippen LogP contribution in [-0.4, -0.2) is 35.9 Å². The van der Waals surface area contributed by atoms with Crippen molar-refractivity contribution in [3.63, 3.8) is 0 Å². The fourth-order valence-corrected chi connectivity index (χ4v) is 1.50. The number of aliphatic hydroxyl groups is 1. The number of carbonyl (C=O) groups excluding carboxylic acids is 2.